The summed E-state index contributed by atoms with van der Waals surface area (Å²) in [5.74, 6) is 0. The second kappa shape index (κ2) is 5.51. The van der Waals surface area contributed by atoms with E-state index in [9.17, 15) is 0 Å². The van der Waals surface area contributed by atoms with Crippen LogP contribution in [0.25, 0.3) is 0 Å². The van der Waals surface area contributed by atoms with Crippen molar-refractivity contribution in [1.82, 2.24) is 10.3 Å². The second-order valence-corrected chi connectivity index (χ2v) is 6.82. The Kier molecular flexibility index (Phi) is 3.77. The van der Waals surface area contributed by atoms with Crippen LogP contribution in [0.5, 0.6) is 0 Å². The van der Waals surface area contributed by atoms with Gasteiger partial charge in [-0.05, 0) is 37.3 Å². The molecule has 0 fully saturated rings. The first-order chi connectivity index (χ1) is 8.86. The Bertz CT molecular complexity index is 502. The fourth-order valence-electron chi connectivity index (χ4n) is 2.55. The molecule has 2 heterocycles. The number of hydrogen-bond donors (Lipinski definition) is 1. The molecule has 2 nitrogen and oxygen atoms in total. The number of aryl methyl sites for hydroxylation is 1. The maximum atomic E-state index is 4.84. The molecule has 2 aromatic rings. The highest BCUT2D eigenvalue weighted by Crippen LogP contribution is 2.35. The van der Waals surface area contributed by atoms with Crippen LogP contribution in [0.2, 0.25) is 0 Å². The number of hydrogen-bond acceptors (Lipinski definition) is 4. The van der Waals surface area contributed by atoms with Crippen molar-refractivity contribution in [3.63, 3.8) is 0 Å². The van der Waals surface area contributed by atoms with Gasteiger partial charge < -0.3 is 5.32 Å². The third-order valence-electron chi connectivity index (χ3n) is 3.35. The molecule has 0 aromatic carbocycles. The maximum absolute atomic E-state index is 4.84. The van der Waals surface area contributed by atoms with Gasteiger partial charge in [0.25, 0.3) is 0 Å². The Morgan fingerprint density at radius 1 is 1.50 bits per heavy atom. The Labute approximate surface area is 116 Å². The fraction of sp³-hybridized carbons (Fsp3) is 0.500. The first-order valence-corrected chi connectivity index (χ1v) is 8.30. The first kappa shape index (κ1) is 12.3. The monoisotopic (exact) mass is 278 g/mol. The van der Waals surface area contributed by atoms with E-state index in [1.54, 1.807) is 0 Å². The SMILES string of the molecule is CCNC1CCCc2nc(Cc3cccs3)sc21. The Balaban J connectivity index is 1.82. The second-order valence-electron chi connectivity index (χ2n) is 4.68. The van der Waals surface area contributed by atoms with Crippen LogP contribution in [-0.4, -0.2) is 11.5 Å². The molecule has 0 bridgehead atoms. The third kappa shape index (κ3) is 2.51. The third-order valence-corrected chi connectivity index (χ3v) is 5.44. The first-order valence-electron chi connectivity index (χ1n) is 6.61. The molecular weight excluding hydrogens is 260 g/mol. The molecule has 1 atom stereocenters. The van der Waals surface area contributed by atoms with Crippen molar-refractivity contribution in [3.8, 4) is 0 Å². The van der Waals surface area contributed by atoms with Crippen molar-refractivity contribution in [2.24, 2.45) is 0 Å². The predicted octanol–water partition coefficient (Wildman–Crippen LogP) is 3.78. The smallest absolute Gasteiger partial charge is 0.0983 e. The lowest BCUT2D eigenvalue weighted by molar-refractivity contribution is 0.476. The lowest BCUT2D eigenvalue weighted by Gasteiger charge is -2.21. The highest BCUT2D eigenvalue weighted by molar-refractivity contribution is 7.12. The molecule has 0 saturated heterocycles. The van der Waals surface area contributed by atoms with E-state index in [-0.39, 0.29) is 0 Å². The van der Waals surface area contributed by atoms with Crippen LogP contribution < -0.4 is 5.32 Å². The van der Waals surface area contributed by atoms with Gasteiger partial charge in [0.05, 0.1) is 10.7 Å². The van der Waals surface area contributed by atoms with E-state index in [1.807, 2.05) is 22.7 Å². The molecule has 0 aliphatic heterocycles. The molecule has 3 rings (SSSR count). The largest absolute Gasteiger partial charge is 0.309 e. The number of aromatic nitrogens is 1. The Morgan fingerprint density at radius 2 is 2.44 bits per heavy atom. The Morgan fingerprint density at radius 3 is 3.22 bits per heavy atom. The lowest BCUT2D eigenvalue weighted by Crippen LogP contribution is -2.23. The van der Waals surface area contributed by atoms with Gasteiger partial charge in [0.1, 0.15) is 0 Å². The van der Waals surface area contributed by atoms with Gasteiger partial charge in [-0.2, -0.15) is 0 Å². The summed E-state index contributed by atoms with van der Waals surface area (Å²) in [4.78, 5) is 7.76. The molecule has 2 aromatic heterocycles. The van der Waals surface area contributed by atoms with Crippen molar-refractivity contribution in [2.45, 2.75) is 38.6 Å². The average molecular weight is 278 g/mol. The molecule has 18 heavy (non-hydrogen) atoms. The van der Waals surface area contributed by atoms with Crippen LogP contribution in [-0.2, 0) is 12.8 Å². The van der Waals surface area contributed by atoms with Crippen molar-refractivity contribution < 1.29 is 0 Å². The summed E-state index contributed by atoms with van der Waals surface area (Å²) in [5, 5.41) is 7.01. The molecule has 0 radical (unpaired) electrons. The molecule has 96 valence electrons. The minimum atomic E-state index is 0.549. The molecule has 0 amide bonds. The number of fused-ring (bicyclic) bond motifs is 1. The Hall–Kier alpha value is -0.710. The van der Waals surface area contributed by atoms with Crippen LogP contribution in [0.3, 0.4) is 0 Å². The zero-order valence-corrected chi connectivity index (χ0v) is 12.2. The number of thiazole rings is 1. The highest BCUT2D eigenvalue weighted by atomic mass is 32.1. The van der Waals surface area contributed by atoms with Crippen molar-refractivity contribution in [3.05, 3.63) is 38.0 Å². The lowest BCUT2D eigenvalue weighted by atomic mass is 9.98. The zero-order valence-electron chi connectivity index (χ0n) is 10.6. The van der Waals surface area contributed by atoms with Crippen molar-refractivity contribution in [2.75, 3.05) is 6.54 Å². The van der Waals surface area contributed by atoms with Gasteiger partial charge in [0, 0.05) is 22.2 Å². The van der Waals surface area contributed by atoms with E-state index >= 15 is 0 Å². The van der Waals surface area contributed by atoms with Gasteiger partial charge >= 0.3 is 0 Å². The summed E-state index contributed by atoms with van der Waals surface area (Å²) < 4.78 is 0. The maximum Gasteiger partial charge on any atom is 0.0983 e. The van der Waals surface area contributed by atoms with E-state index in [0.29, 0.717) is 6.04 Å². The van der Waals surface area contributed by atoms with Gasteiger partial charge in [0.15, 0.2) is 0 Å². The van der Waals surface area contributed by atoms with Crippen LogP contribution in [0.1, 0.15) is 46.3 Å². The topological polar surface area (TPSA) is 24.9 Å². The average Bonchev–Trinajstić information content (AvgIpc) is 2.99. The van der Waals surface area contributed by atoms with Gasteiger partial charge in [-0.1, -0.05) is 13.0 Å². The summed E-state index contributed by atoms with van der Waals surface area (Å²) in [7, 11) is 0. The van der Waals surface area contributed by atoms with Crippen LogP contribution in [0, 0.1) is 0 Å². The van der Waals surface area contributed by atoms with E-state index in [4.69, 9.17) is 4.98 Å². The molecular formula is C14H18N2S2. The molecule has 1 aliphatic carbocycles. The minimum absolute atomic E-state index is 0.549. The van der Waals surface area contributed by atoms with Gasteiger partial charge in [-0.15, -0.1) is 22.7 Å². The van der Waals surface area contributed by atoms with Gasteiger partial charge in [-0.25, -0.2) is 4.98 Å². The fourth-order valence-corrected chi connectivity index (χ4v) is 4.60. The van der Waals surface area contributed by atoms with Crippen LogP contribution in [0.4, 0.5) is 0 Å². The molecule has 1 unspecified atom stereocenters. The van der Waals surface area contributed by atoms with Crippen LogP contribution in [0.15, 0.2) is 17.5 Å². The van der Waals surface area contributed by atoms with Crippen molar-refractivity contribution >= 4 is 22.7 Å². The predicted molar refractivity (Wildman–Crippen MR) is 78.6 cm³/mol. The molecule has 1 aliphatic rings. The normalized spacial score (nSPS) is 18.8. The van der Waals surface area contributed by atoms with E-state index in [2.05, 4.69) is 29.8 Å². The minimum Gasteiger partial charge on any atom is -0.309 e. The van der Waals surface area contributed by atoms with Crippen LogP contribution >= 0.6 is 22.7 Å². The zero-order chi connectivity index (χ0) is 12.4. The summed E-state index contributed by atoms with van der Waals surface area (Å²) in [6.45, 7) is 3.23. The standard InChI is InChI=1S/C14H18N2S2/c1-2-15-11-6-3-7-12-14(11)18-13(16-12)9-10-5-4-8-17-10/h4-5,8,11,15H,2-3,6-7,9H2,1H3. The summed E-state index contributed by atoms with van der Waals surface area (Å²) >= 11 is 3.74. The quantitative estimate of drug-likeness (QED) is 0.920. The van der Waals surface area contributed by atoms with E-state index < -0.39 is 0 Å². The van der Waals surface area contributed by atoms with Crippen molar-refractivity contribution in [1.29, 1.82) is 0 Å². The van der Waals surface area contributed by atoms with E-state index in [1.165, 1.54) is 33.3 Å². The van der Waals surface area contributed by atoms with E-state index in [0.717, 1.165) is 19.4 Å². The summed E-state index contributed by atoms with van der Waals surface area (Å²) in [6, 6.07) is 4.87. The molecule has 4 heteroatoms. The molecule has 0 saturated carbocycles. The number of nitrogens with one attached hydrogen (secondary N) is 1. The summed E-state index contributed by atoms with van der Waals surface area (Å²) in [6.07, 6.45) is 4.71. The molecule has 0 spiro atoms. The molecule has 1 N–H and O–H groups in total. The number of thiophene rings is 1. The number of nitrogens with zero attached hydrogens (tertiary/aromatic N) is 1. The number of rotatable bonds is 4. The summed E-state index contributed by atoms with van der Waals surface area (Å²) in [5.41, 5.74) is 1.35. The van der Waals surface area contributed by atoms with Gasteiger partial charge in [0.2, 0.25) is 0 Å². The van der Waals surface area contributed by atoms with Gasteiger partial charge in [-0.3, -0.25) is 0 Å². The highest BCUT2D eigenvalue weighted by Gasteiger charge is 2.23.